The fourth-order valence-electron chi connectivity index (χ4n) is 3.78. The van der Waals surface area contributed by atoms with Crippen molar-refractivity contribution < 1.29 is 19.1 Å². The Labute approximate surface area is 207 Å². The average molecular weight is 478 g/mol. The van der Waals surface area contributed by atoms with Gasteiger partial charge in [-0.15, -0.1) is 0 Å². The standard InChI is InChI=1S/C28H35N3O4/c1-28(2,3)20-35-27(34)29-19-25(32)30-23(14-13-21-9-5-4-6-10-21)15-16-26(33)31-18-17-22-11-7-8-12-24(22)31/h4-12,15-16,23H,13-14,17-20H2,1-3H3,(H,29,34)(H,30,32)/b16-15+/t23-/m0/s1. The van der Waals surface area contributed by atoms with E-state index >= 15 is 0 Å². The molecular weight excluding hydrogens is 442 g/mol. The van der Waals surface area contributed by atoms with Gasteiger partial charge in [0.25, 0.3) is 5.91 Å². The zero-order valence-corrected chi connectivity index (χ0v) is 20.8. The molecule has 0 aliphatic carbocycles. The molecule has 0 unspecified atom stereocenters. The molecule has 1 aliphatic heterocycles. The van der Waals surface area contributed by atoms with Gasteiger partial charge in [0, 0.05) is 24.4 Å². The fourth-order valence-corrected chi connectivity index (χ4v) is 3.78. The number of para-hydroxylation sites is 1. The Morgan fingerprint density at radius 2 is 1.77 bits per heavy atom. The Hall–Kier alpha value is -3.61. The zero-order valence-electron chi connectivity index (χ0n) is 20.8. The van der Waals surface area contributed by atoms with Gasteiger partial charge in [-0.25, -0.2) is 4.79 Å². The molecule has 1 heterocycles. The molecule has 186 valence electrons. The van der Waals surface area contributed by atoms with E-state index in [0.717, 1.165) is 29.7 Å². The van der Waals surface area contributed by atoms with Gasteiger partial charge in [-0.2, -0.15) is 0 Å². The molecule has 0 fully saturated rings. The lowest BCUT2D eigenvalue weighted by Gasteiger charge is -2.19. The number of ether oxygens (including phenoxy) is 1. The maximum Gasteiger partial charge on any atom is 0.407 e. The molecule has 3 rings (SSSR count). The second-order valence-electron chi connectivity index (χ2n) is 9.92. The highest BCUT2D eigenvalue weighted by atomic mass is 16.5. The molecule has 3 amide bonds. The molecule has 0 radical (unpaired) electrons. The van der Waals surface area contributed by atoms with Crippen molar-refractivity contribution in [2.75, 3.05) is 24.6 Å². The molecule has 2 N–H and O–H groups in total. The predicted octanol–water partition coefficient (Wildman–Crippen LogP) is 4.02. The highest BCUT2D eigenvalue weighted by Gasteiger charge is 2.23. The van der Waals surface area contributed by atoms with Crippen LogP contribution in [0.15, 0.2) is 66.7 Å². The van der Waals surface area contributed by atoms with Gasteiger partial charge in [0.1, 0.15) is 6.54 Å². The summed E-state index contributed by atoms with van der Waals surface area (Å²) in [7, 11) is 0. The van der Waals surface area contributed by atoms with E-state index in [2.05, 4.69) is 10.6 Å². The van der Waals surface area contributed by atoms with Crippen LogP contribution in [0.2, 0.25) is 0 Å². The number of fused-ring (bicyclic) bond motifs is 1. The molecule has 35 heavy (non-hydrogen) atoms. The van der Waals surface area contributed by atoms with Crippen LogP contribution in [0.4, 0.5) is 10.5 Å². The predicted molar refractivity (Wildman–Crippen MR) is 137 cm³/mol. The second kappa shape index (κ2) is 12.2. The van der Waals surface area contributed by atoms with Gasteiger partial charge >= 0.3 is 6.09 Å². The molecule has 0 saturated heterocycles. The first-order valence-corrected chi connectivity index (χ1v) is 12.0. The molecule has 0 spiro atoms. The summed E-state index contributed by atoms with van der Waals surface area (Å²) in [5.74, 6) is -0.461. The Kier molecular flexibility index (Phi) is 9.06. The normalized spacial score (nSPS) is 13.9. The summed E-state index contributed by atoms with van der Waals surface area (Å²) in [4.78, 5) is 39.1. The minimum atomic E-state index is -0.630. The quantitative estimate of drug-likeness (QED) is 0.534. The number of rotatable bonds is 9. The van der Waals surface area contributed by atoms with Crippen molar-refractivity contribution in [2.24, 2.45) is 5.41 Å². The van der Waals surface area contributed by atoms with E-state index in [1.807, 2.05) is 75.4 Å². The summed E-state index contributed by atoms with van der Waals surface area (Å²) in [5.41, 5.74) is 3.08. The SMILES string of the molecule is CC(C)(C)COC(=O)NCC(=O)N[C@H](/C=C/C(=O)N1CCc2ccccc21)CCc1ccccc1. The molecule has 0 bridgehead atoms. The Balaban J connectivity index is 1.58. The maximum absolute atomic E-state index is 12.9. The van der Waals surface area contributed by atoms with Gasteiger partial charge in [-0.05, 0) is 41.9 Å². The summed E-state index contributed by atoms with van der Waals surface area (Å²) in [6, 6.07) is 17.5. The first-order chi connectivity index (χ1) is 16.7. The third-order valence-electron chi connectivity index (χ3n) is 5.59. The van der Waals surface area contributed by atoms with Crippen LogP contribution >= 0.6 is 0 Å². The fraction of sp³-hybridized carbons (Fsp3) is 0.393. The van der Waals surface area contributed by atoms with Gasteiger partial charge in [-0.1, -0.05) is 75.4 Å². The van der Waals surface area contributed by atoms with Crippen molar-refractivity contribution in [1.29, 1.82) is 0 Å². The number of hydrogen-bond acceptors (Lipinski definition) is 4. The lowest BCUT2D eigenvalue weighted by Crippen LogP contribution is -2.42. The molecular formula is C28H35N3O4. The summed E-state index contributed by atoms with van der Waals surface area (Å²) in [6.45, 7) is 6.57. The third-order valence-corrected chi connectivity index (χ3v) is 5.59. The minimum Gasteiger partial charge on any atom is -0.449 e. The van der Waals surface area contributed by atoms with E-state index in [1.54, 1.807) is 11.0 Å². The number of hydrogen-bond donors (Lipinski definition) is 2. The number of nitrogens with one attached hydrogen (secondary N) is 2. The Morgan fingerprint density at radius 1 is 1.06 bits per heavy atom. The van der Waals surface area contributed by atoms with Crippen molar-refractivity contribution >= 4 is 23.6 Å². The van der Waals surface area contributed by atoms with Crippen LogP contribution < -0.4 is 15.5 Å². The van der Waals surface area contributed by atoms with Crippen LogP contribution in [-0.4, -0.2) is 43.6 Å². The van der Waals surface area contributed by atoms with Crippen LogP contribution in [0, 0.1) is 5.41 Å². The van der Waals surface area contributed by atoms with Crippen molar-refractivity contribution in [2.45, 2.75) is 46.1 Å². The topological polar surface area (TPSA) is 87.7 Å². The number of amides is 3. The van der Waals surface area contributed by atoms with E-state index < -0.39 is 6.09 Å². The summed E-state index contributed by atoms with van der Waals surface area (Å²) in [6.07, 6.45) is 4.82. The van der Waals surface area contributed by atoms with Crippen LogP contribution in [0.25, 0.3) is 0 Å². The third kappa shape index (κ3) is 8.59. The highest BCUT2D eigenvalue weighted by Crippen LogP contribution is 2.27. The molecule has 7 nitrogen and oxygen atoms in total. The van der Waals surface area contributed by atoms with Crippen LogP contribution in [-0.2, 0) is 27.2 Å². The number of aryl methyl sites for hydroxylation is 1. The maximum atomic E-state index is 12.9. The smallest absolute Gasteiger partial charge is 0.407 e. The van der Waals surface area contributed by atoms with Crippen LogP contribution in [0.3, 0.4) is 0 Å². The minimum absolute atomic E-state index is 0.113. The molecule has 1 aliphatic rings. The van der Waals surface area contributed by atoms with E-state index in [-0.39, 0.29) is 36.4 Å². The van der Waals surface area contributed by atoms with Crippen molar-refractivity contribution in [3.63, 3.8) is 0 Å². The molecule has 0 saturated carbocycles. The van der Waals surface area contributed by atoms with Gasteiger partial charge in [-0.3, -0.25) is 9.59 Å². The van der Waals surface area contributed by atoms with Gasteiger partial charge in [0.15, 0.2) is 0 Å². The number of carbonyl (C=O) groups is 3. The van der Waals surface area contributed by atoms with Crippen molar-refractivity contribution in [3.05, 3.63) is 77.9 Å². The van der Waals surface area contributed by atoms with Gasteiger partial charge in [0.05, 0.1) is 6.61 Å². The first-order valence-electron chi connectivity index (χ1n) is 12.0. The summed E-state index contributed by atoms with van der Waals surface area (Å²) >= 11 is 0. The van der Waals surface area contributed by atoms with E-state index in [4.69, 9.17) is 4.74 Å². The summed E-state index contributed by atoms with van der Waals surface area (Å²) in [5, 5.41) is 5.40. The summed E-state index contributed by atoms with van der Waals surface area (Å²) < 4.78 is 5.14. The van der Waals surface area contributed by atoms with Crippen molar-refractivity contribution in [1.82, 2.24) is 10.6 Å². The Bertz CT molecular complexity index is 1040. The Morgan fingerprint density at radius 3 is 2.51 bits per heavy atom. The van der Waals surface area contributed by atoms with Crippen molar-refractivity contribution in [3.8, 4) is 0 Å². The lowest BCUT2D eigenvalue weighted by molar-refractivity contribution is -0.120. The number of nitrogens with zero attached hydrogens (tertiary/aromatic N) is 1. The van der Waals surface area contributed by atoms with Crippen LogP contribution in [0.1, 0.15) is 38.3 Å². The second-order valence-corrected chi connectivity index (χ2v) is 9.92. The molecule has 2 aromatic carbocycles. The first kappa shape index (κ1) is 26.0. The number of carbonyl (C=O) groups excluding carboxylic acids is 3. The highest BCUT2D eigenvalue weighted by molar-refractivity contribution is 6.03. The lowest BCUT2D eigenvalue weighted by atomic mass is 9.99. The average Bonchev–Trinajstić information content (AvgIpc) is 3.27. The molecule has 0 aromatic heterocycles. The van der Waals surface area contributed by atoms with E-state index in [9.17, 15) is 14.4 Å². The largest absolute Gasteiger partial charge is 0.449 e. The number of alkyl carbamates (subject to hydrolysis) is 1. The monoisotopic (exact) mass is 477 g/mol. The number of anilines is 1. The van der Waals surface area contributed by atoms with Gasteiger partial charge in [0.2, 0.25) is 5.91 Å². The van der Waals surface area contributed by atoms with Gasteiger partial charge < -0.3 is 20.3 Å². The van der Waals surface area contributed by atoms with E-state index in [1.165, 1.54) is 6.08 Å². The van der Waals surface area contributed by atoms with E-state index in [0.29, 0.717) is 13.0 Å². The zero-order chi connectivity index (χ0) is 25.3. The molecule has 7 heteroatoms. The molecule has 2 aromatic rings. The number of benzene rings is 2. The van der Waals surface area contributed by atoms with Crippen LogP contribution in [0.5, 0.6) is 0 Å². The molecule has 1 atom stereocenters.